The van der Waals surface area contributed by atoms with Gasteiger partial charge in [-0.3, -0.25) is 0 Å². The molecule has 4 radical (unpaired) electrons. The predicted octanol–water partition coefficient (Wildman–Crippen LogP) is 7.43. The number of hydrogen-bond donors (Lipinski definition) is 0. The average molecular weight is 617 g/mol. The molecule has 0 saturated heterocycles. The fourth-order valence-electron chi connectivity index (χ4n) is 2.17. The van der Waals surface area contributed by atoms with Gasteiger partial charge in [0.15, 0.2) is 0 Å². The van der Waals surface area contributed by atoms with E-state index in [0.717, 1.165) is 7.87 Å². The van der Waals surface area contributed by atoms with Crippen molar-refractivity contribution in [3.05, 3.63) is 0 Å². The summed E-state index contributed by atoms with van der Waals surface area (Å²) in [5.74, 6) is 0. The first-order valence-electron chi connectivity index (χ1n) is 9.25. The van der Waals surface area contributed by atoms with Crippen molar-refractivity contribution in [2.24, 2.45) is 0 Å². The molecular formula is C18H44Sn3. The van der Waals surface area contributed by atoms with Crippen LogP contribution in [0.5, 0.6) is 0 Å². The van der Waals surface area contributed by atoms with Crippen molar-refractivity contribution in [2.45, 2.75) is 104 Å². The molecule has 0 aromatic carbocycles. The third-order valence-corrected chi connectivity index (χ3v) is 24.6. The zero-order valence-electron chi connectivity index (χ0n) is 16.9. The topological polar surface area (TPSA) is 0 Å². The van der Waals surface area contributed by atoms with Crippen molar-refractivity contribution in [1.29, 1.82) is 0 Å². The molecule has 0 nitrogen and oxygen atoms in total. The summed E-state index contributed by atoms with van der Waals surface area (Å²) in [6.45, 7) is 23.5. The van der Waals surface area contributed by atoms with E-state index in [1.54, 1.807) is 26.6 Å². The zero-order valence-corrected chi connectivity index (χ0v) is 25.5. The van der Waals surface area contributed by atoms with E-state index in [4.69, 9.17) is 0 Å². The standard InChI is InChI=1S/2C3H7.6C2H5.3Sn/c2*1-3-2;6*1-2;;;/h2*3H,1-2H3;6*1H2,2H3;;;. The predicted molar refractivity (Wildman–Crippen MR) is 110 cm³/mol. The van der Waals surface area contributed by atoms with Crippen LogP contribution in [0.3, 0.4) is 0 Å². The van der Waals surface area contributed by atoms with Crippen LogP contribution < -0.4 is 0 Å². The van der Waals surface area contributed by atoms with Gasteiger partial charge in [-0.25, -0.2) is 0 Å². The molecule has 0 aromatic heterocycles. The van der Waals surface area contributed by atoms with Crippen LogP contribution in [0.25, 0.3) is 0 Å². The summed E-state index contributed by atoms with van der Waals surface area (Å²) in [5, 5.41) is 0. The van der Waals surface area contributed by atoms with Crippen molar-refractivity contribution in [2.75, 3.05) is 0 Å². The molecule has 0 bridgehead atoms. The Morgan fingerprint density at radius 2 is 0.714 bits per heavy atom. The maximum absolute atomic E-state index is 2.35. The van der Waals surface area contributed by atoms with Gasteiger partial charge >= 0.3 is 164 Å². The van der Waals surface area contributed by atoms with Gasteiger partial charge in [0.25, 0.3) is 0 Å². The van der Waals surface area contributed by atoms with Gasteiger partial charge in [0.1, 0.15) is 0 Å². The van der Waals surface area contributed by atoms with E-state index >= 15 is 0 Å². The molecule has 0 amide bonds. The molecule has 0 aromatic rings. The van der Waals surface area contributed by atoms with E-state index in [9.17, 15) is 0 Å². The van der Waals surface area contributed by atoms with Crippen molar-refractivity contribution in [1.82, 2.24) is 0 Å². The Morgan fingerprint density at radius 1 is 0.524 bits per heavy atom. The fourth-order valence-corrected chi connectivity index (χ4v) is 14.5. The average Bonchev–Trinajstić information content (AvgIpc) is 2.42. The Balaban J connectivity index is -0.000000231. The normalized spacial score (nSPS) is 10.6. The second-order valence-corrected chi connectivity index (χ2v) is 34.3. The van der Waals surface area contributed by atoms with Gasteiger partial charge in [0.05, 0.1) is 0 Å². The van der Waals surface area contributed by atoms with Crippen LogP contribution in [-0.2, 0) is 0 Å². The molecule has 0 aliphatic heterocycles. The Hall–Kier alpha value is 2.40. The molecule has 0 rings (SSSR count). The second kappa shape index (κ2) is 22.4. The van der Waals surface area contributed by atoms with Gasteiger partial charge in [-0.15, -0.1) is 0 Å². The molecule has 21 heavy (non-hydrogen) atoms. The van der Waals surface area contributed by atoms with Crippen molar-refractivity contribution in [3.8, 4) is 0 Å². The van der Waals surface area contributed by atoms with E-state index in [1.807, 2.05) is 0 Å². The van der Waals surface area contributed by atoms with Gasteiger partial charge in [0.2, 0.25) is 0 Å². The fraction of sp³-hybridized carbons (Fsp3) is 1.00. The van der Waals surface area contributed by atoms with Crippen LogP contribution in [0.1, 0.15) is 69.2 Å². The summed E-state index contributed by atoms with van der Waals surface area (Å²) < 4.78 is 11.4. The van der Waals surface area contributed by atoms with Gasteiger partial charge in [-0.2, -0.15) is 0 Å². The molecule has 128 valence electrons. The van der Waals surface area contributed by atoms with E-state index in [0.29, 0.717) is 0 Å². The van der Waals surface area contributed by atoms with E-state index in [2.05, 4.69) is 69.2 Å². The van der Waals surface area contributed by atoms with E-state index < -0.39 is 39.5 Å². The molecule has 3 heteroatoms. The van der Waals surface area contributed by atoms with Crippen LogP contribution in [0, 0.1) is 0 Å². The first-order chi connectivity index (χ1) is 9.82. The Morgan fingerprint density at radius 3 is 0.714 bits per heavy atom. The van der Waals surface area contributed by atoms with Gasteiger partial charge in [0, 0.05) is 0 Å². The molecule has 0 unspecified atom stereocenters. The quantitative estimate of drug-likeness (QED) is 0.249. The van der Waals surface area contributed by atoms with Crippen LogP contribution in [0.2, 0.25) is 34.5 Å². The molecule has 0 aliphatic rings. The molecule has 0 aliphatic carbocycles. The van der Waals surface area contributed by atoms with Crippen LogP contribution in [0.4, 0.5) is 0 Å². The van der Waals surface area contributed by atoms with Gasteiger partial charge in [-0.1, -0.05) is 0 Å². The van der Waals surface area contributed by atoms with Crippen LogP contribution in [0.15, 0.2) is 0 Å². The van der Waals surface area contributed by atoms with E-state index in [1.165, 1.54) is 0 Å². The Bertz CT molecular complexity index is 133. The molecule has 0 atom stereocenters. The molecule has 0 fully saturated rings. The SMILES string of the molecule is C[CH2][Sn]([CH2]C)[CH2]C.C[CH2][Sn]([CH2]C)[CH2]C.C[CH](C)[Sn][CH](C)C. The van der Waals surface area contributed by atoms with Gasteiger partial charge in [-0.05, 0) is 0 Å². The first-order valence-corrected chi connectivity index (χ1v) is 24.7. The van der Waals surface area contributed by atoms with Crippen LogP contribution >= 0.6 is 0 Å². The molecule has 0 heterocycles. The minimum atomic E-state index is -0.653. The number of hydrogen-bond acceptors (Lipinski definition) is 0. The second-order valence-electron chi connectivity index (χ2n) is 6.10. The van der Waals surface area contributed by atoms with Crippen molar-refractivity contribution >= 4 is 60.7 Å². The summed E-state index contributed by atoms with van der Waals surface area (Å²) in [6.07, 6.45) is 0. The van der Waals surface area contributed by atoms with Crippen molar-refractivity contribution in [3.63, 3.8) is 0 Å². The summed E-state index contributed by atoms with van der Waals surface area (Å²) >= 11 is -1.27. The molecule has 0 saturated carbocycles. The van der Waals surface area contributed by atoms with Crippen molar-refractivity contribution < 1.29 is 0 Å². The third kappa shape index (κ3) is 27.5. The Labute approximate surface area is 162 Å². The Kier molecular flexibility index (Phi) is 30.1. The third-order valence-electron chi connectivity index (χ3n) is 3.67. The van der Waals surface area contributed by atoms with Crippen LogP contribution in [-0.4, -0.2) is 60.7 Å². The first kappa shape index (κ1) is 28.2. The van der Waals surface area contributed by atoms with Gasteiger partial charge < -0.3 is 0 Å². The summed E-state index contributed by atoms with van der Waals surface area (Å²) in [7, 11) is 0. The zero-order chi connectivity index (χ0) is 17.3. The summed E-state index contributed by atoms with van der Waals surface area (Å²) in [5.41, 5.74) is 0. The monoisotopic (exact) mass is 620 g/mol. The minimum absolute atomic E-state index is 0.0389. The summed E-state index contributed by atoms with van der Waals surface area (Å²) in [6, 6.07) is 0. The van der Waals surface area contributed by atoms with E-state index in [-0.39, 0.29) is 21.1 Å². The maximum atomic E-state index is 2.35. The molecular weight excluding hydrogens is 572 g/mol. The molecule has 0 spiro atoms. The molecule has 0 N–H and O–H groups in total. The number of rotatable bonds is 8. The summed E-state index contributed by atoms with van der Waals surface area (Å²) in [4.78, 5) is 0.